The number of piperidine rings is 1. The number of benzene rings is 1. The van der Waals surface area contributed by atoms with Crippen LogP contribution in [0.3, 0.4) is 0 Å². The molecule has 0 aliphatic carbocycles. The Kier molecular flexibility index (Phi) is 7.04. The molecule has 0 spiro atoms. The SMILES string of the molecule is CCCn1c(SCC(=O)Nc2cc(F)ccc2F)nc2nc(N3CCCCC3)sc2c1=O. The number of nitrogens with one attached hydrogen (secondary N) is 1. The van der Waals surface area contributed by atoms with E-state index in [1.807, 2.05) is 6.92 Å². The molecule has 32 heavy (non-hydrogen) atoms. The Labute approximate surface area is 191 Å². The maximum Gasteiger partial charge on any atom is 0.273 e. The molecule has 1 aliphatic heterocycles. The van der Waals surface area contributed by atoms with Crippen LogP contribution in [-0.4, -0.2) is 39.3 Å². The van der Waals surface area contributed by atoms with Crippen LogP contribution in [0.2, 0.25) is 0 Å². The highest BCUT2D eigenvalue weighted by molar-refractivity contribution is 7.99. The van der Waals surface area contributed by atoms with Crippen LogP contribution in [0.25, 0.3) is 10.3 Å². The van der Waals surface area contributed by atoms with Crippen LogP contribution in [0.1, 0.15) is 32.6 Å². The minimum absolute atomic E-state index is 0.110. The Balaban J connectivity index is 1.56. The van der Waals surface area contributed by atoms with Crippen LogP contribution in [0, 0.1) is 11.6 Å². The number of halogens is 2. The molecule has 170 valence electrons. The molecule has 0 saturated carbocycles. The van der Waals surface area contributed by atoms with E-state index in [-0.39, 0.29) is 17.0 Å². The molecule has 1 saturated heterocycles. The maximum absolute atomic E-state index is 13.8. The number of carbonyl (C=O) groups excluding carboxylic acids is 1. The summed E-state index contributed by atoms with van der Waals surface area (Å²) in [6, 6.07) is 2.86. The maximum atomic E-state index is 13.8. The fourth-order valence-electron chi connectivity index (χ4n) is 3.54. The molecular weight excluding hydrogens is 456 g/mol. The van der Waals surface area contributed by atoms with E-state index < -0.39 is 17.5 Å². The molecule has 7 nitrogen and oxygen atoms in total. The van der Waals surface area contributed by atoms with E-state index >= 15 is 0 Å². The van der Waals surface area contributed by atoms with Gasteiger partial charge in [0.05, 0.1) is 11.4 Å². The predicted molar refractivity (Wildman–Crippen MR) is 124 cm³/mol. The molecule has 1 fully saturated rings. The molecule has 4 rings (SSSR count). The second-order valence-corrected chi connectivity index (χ2v) is 9.43. The summed E-state index contributed by atoms with van der Waals surface area (Å²) in [6.45, 7) is 4.25. The Morgan fingerprint density at radius 1 is 1.22 bits per heavy atom. The number of thiazole rings is 1. The lowest BCUT2D eigenvalue weighted by atomic mass is 10.1. The van der Waals surface area contributed by atoms with E-state index in [1.54, 1.807) is 4.57 Å². The Morgan fingerprint density at radius 2 is 2.00 bits per heavy atom. The first kappa shape index (κ1) is 22.7. The van der Waals surface area contributed by atoms with Gasteiger partial charge < -0.3 is 10.2 Å². The van der Waals surface area contributed by atoms with E-state index in [9.17, 15) is 18.4 Å². The first-order valence-electron chi connectivity index (χ1n) is 10.5. The summed E-state index contributed by atoms with van der Waals surface area (Å²) in [6.07, 6.45) is 4.13. The van der Waals surface area contributed by atoms with Gasteiger partial charge in [-0.2, -0.15) is 4.98 Å². The zero-order valence-corrected chi connectivity index (χ0v) is 19.2. The van der Waals surface area contributed by atoms with Crippen molar-refractivity contribution < 1.29 is 13.6 Å². The Morgan fingerprint density at radius 3 is 2.75 bits per heavy atom. The van der Waals surface area contributed by atoms with Gasteiger partial charge in [-0.15, -0.1) is 0 Å². The van der Waals surface area contributed by atoms with Gasteiger partial charge in [-0.1, -0.05) is 30.0 Å². The second-order valence-electron chi connectivity index (χ2n) is 7.51. The molecule has 0 bridgehead atoms. The Hall–Kier alpha value is -2.53. The number of thioether (sulfide) groups is 1. The van der Waals surface area contributed by atoms with Crippen LogP contribution >= 0.6 is 23.1 Å². The van der Waals surface area contributed by atoms with Gasteiger partial charge in [-0.3, -0.25) is 14.2 Å². The lowest BCUT2D eigenvalue weighted by Gasteiger charge is -2.25. The number of rotatable bonds is 7. The van der Waals surface area contributed by atoms with Gasteiger partial charge in [-0.05, 0) is 37.8 Å². The first-order chi connectivity index (χ1) is 15.5. The quantitative estimate of drug-likeness (QED) is 0.403. The number of amides is 1. The van der Waals surface area contributed by atoms with Gasteiger partial charge in [0.1, 0.15) is 16.3 Å². The van der Waals surface area contributed by atoms with Crippen LogP contribution in [0.15, 0.2) is 28.2 Å². The van der Waals surface area contributed by atoms with Crippen LogP contribution in [-0.2, 0) is 11.3 Å². The average molecular weight is 480 g/mol. The summed E-state index contributed by atoms with van der Waals surface area (Å²) in [5.74, 6) is -2.00. The fourth-order valence-corrected chi connectivity index (χ4v) is 5.36. The zero-order valence-electron chi connectivity index (χ0n) is 17.6. The van der Waals surface area contributed by atoms with Crippen molar-refractivity contribution in [3.8, 4) is 0 Å². The fraction of sp³-hybridized carbons (Fsp3) is 0.429. The molecule has 1 aromatic carbocycles. The van der Waals surface area contributed by atoms with Crippen molar-refractivity contribution in [2.45, 2.75) is 44.3 Å². The average Bonchev–Trinajstić information content (AvgIpc) is 3.22. The van der Waals surface area contributed by atoms with Crippen molar-refractivity contribution in [3.05, 3.63) is 40.2 Å². The standard InChI is InChI=1S/C21H23F2N5O2S2/c1-2-8-28-19(30)17-18(25-20(32-17)27-9-4-3-5-10-27)26-21(28)31-12-16(29)24-15-11-13(22)6-7-14(15)23/h6-7,11H,2-5,8-10,12H2,1H3,(H,24,29). The van der Waals surface area contributed by atoms with Crippen molar-refractivity contribution in [1.82, 2.24) is 14.5 Å². The highest BCUT2D eigenvalue weighted by Crippen LogP contribution is 2.29. The molecule has 1 N–H and O–H groups in total. The number of hydrogen-bond acceptors (Lipinski definition) is 7. The molecule has 11 heteroatoms. The van der Waals surface area contributed by atoms with Crippen molar-refractivity contribution in [2.75, 3.05) is 29.1 Å². The summed E-state index contributed by atoms with van der Waals surface area (Å²) < 4.78 is 29.2. The molecule has 0 atom stereocenters. The van der Waals surface area contributed by atoms with Crippen LogP contribution < -0.4 is 15.8 Å². The largest absolute Gasteiger partial charge is 0.348 e. The van der Waals surface area contributed by atoms with Crippen molar-refractivity contribution in [2.24, 2.45) is 0 Å². The molecule has 0 radical (unpaired) electrons. The summed E-state index contributed by atoms with van der Waals surface area (Å²) in [7, 11) is 0. The summed E-state index contributed by atoms with van der Waals surface area (Å²) >= 11 is 2.43. The minimum Gasteiger partial charge on any atom is -0.348 e. The minimum atomic E-state index is -0.722. The predicted octanol–water partition coefficient (Wildman–Crippen LogP) is 4.26. The molecule has 1 amide bonds. The number of fused-ring (bicyclic) bond motifs is 1. The van der Waals surface area contributed by atoms with Gasteiger partial charge in [0.15, 0.2) is 15.9 Å². The molecule has 0 unspecified atom stereocenters. The molecule has 2 aromatic heterocycles. The van der Waals surface area contributed by atoms with E-state index in [2.05, 4.69) is 20.2 Å². The van der Waals surface area contributed by atoms with Crippen molar-refractivity contribution in [1.29, 1.82) is 0 Å². The highest BCUT2D eigenvalue weighted by Gasteiger charge is 2.20. The molecule has 3 heterocycles. The number of anilines is 2. The first-order valence-corrected chi connectivity index (χ1v) is 12.3. The monoisotopic (exact) mass is 479 g/mol. The van der Waals surface area contributed by atoms with E-state index in [4.69, 9.17) is 0 Å². The third-order valence-electron chi connectivity index (χ3n) is 5.08. The van der Waals surface area contributed by atoms with Crippen molar-refractivity contribution >= 4 is 50.2 Å². The zero-order chi connectivity index (χ0) is 22.7. The molecule has 1 aliphatic rings. The lowest BCUT2D eigenvalue weighted by Crippen LogP contribution is -2.29. The van der Waals surface area contributed by atoms with Gasteiger partial charge in [0.25, 0.3) is 5.56 Å². The van der Waals surface area contributed by atoms with Gasteiger partial charge in [0, 0.05) is 25.7 Å². The van der Waals surface area contributed by atoms with E-state index in [1.165, 1.54) is 17.8 Å². The molecular formula is C21H23F2N5O2S2. The summed E-state index contributed by atoms with van der Waals surface area (Å²) in [5, 5.41) is 3.55. The van der Waals surface area contributed by atoms with Gasteiger partial charge in [0.2, 0.25) is 5.91 Å². The number of nitrogens with zero attached hydrogens (tertiary/aromatic N) is 4. The van der Waals surface area contributed by atoms with E-state index in [0.717, 1.165) is 67.4 Å². The molecule has 3 aromatic rings. The lowest BCUT2D eigenvalue weighted by molar-refractivity contribution is -0.113. The highest BCUT2D eigenvalue weighted by atomic mass is 32.2. The van der Waals surface area contributed by atoms with Crippen molar-refractivity contribution in [3.63, 3.8) is 0 Å². The second kappa shape index (κ2) is 9.95. The number of aromatic nitrogens is 3. The third-order valence-corrected chi connectivity index (χ3v) is 7.15. The summed E-state index contributed by atoms with van der Waals surface area (Å²) in [4.78, 5) is 36.8. The van der Waals surface area contributed by atoms with E-state index in [0.29, 0.717) is 22.0 Å². The van der Waals surface area contributed by atoms with Gasteiger partial charge in [-0.25, -0.2) is 13.8 Å². The normalized spacial score (nSPS) is 14.2. The number of hydrogen-bond donors (Lipinski definition) is 1. The van der Waals surface area contributed by atoms with Crippen LogP contribution in [0.4, 0.5) is 19.6 Å². The number of carbonyl (C=O) groups is 1. The smallest absolute Gasteiger partial charge is 0.273 e. The van der Waals surface area contributed by atoms with Gasteiger partial charge >= 0.3 is 0 Å². The Bertz CT molecular complexity index is 1190. The third kappa shape index (κ3) is 4.93. The topological polar surface area (TPSA) is 80.1 Å². The van der Waals surface area contributed by atoms with Crippen LogP contribution in [0.5, 0.6) is 0 Å². The summed E-state index contributed by atoms with van der Waals surface area (Å²) in [5.41, 5.74) is -0.0145.